The van der Waals surface area contributed by atoms with Gasteiger partial charge in [0, 0.05) is 0 Å². The number of rotatable bonds is 4. The number of benzene rings is 1. The molecular formula is C25H35N3O2. The first-order valence-corrected chi connectivity index (χ1v) is 11.4. The van der Waals surface area contributed by atoms with E-state index in [0.717, 1.165) is 25.1 Å². The van der Waals surface area contributed by atoms with Gasteiger partial charge in [-0.1, -0.05) is 57.5 Å². The lowest BCUT2D eigenvalue weighted by Gasteiger charge is -2.39. The standard InChI is InChI=1S/C25H35N3O2/c1-16(2)19-12-11-17(3)13-22(19)30-24(29)20-15-26-28-23(20)27-21(14-25(28,4)5)18-9-7-6-8-10-18/h6-10,15-17,19,21-22,27H,11-14H2,1-5H3/t17?,19?,21-,22?/m0/s1. The highest BCUT2D eigenvalue weighted by Crippen LogP contribution is 2.41. The highest BCUT2D eigenvalue weighted by Gasteiger charge is 2.39. The smallest absolute Gasteiger partial charge is 0.343 e. The third-order valence-electron chi connectivity index (χ3n) is 7.00. The molecule has 2 aromatic rings. The summed E-state index contributed by atoms with van der Waals surface area (Å²) in [5.41, 5.74) is 1.57. The zero-order valence-corrected chi connectivity index (χ0v) is 18.9. The van der Waals surface area contributed by atoms with Crippen molar-refractivity contribution in [1.82, 2.24) is 9.78 Å². The summed E-state index contributed by atoms with van der Waals surface area (Å²) in [5.74, 6) is 2.06. The van der Waals surface area contributed by atoms with E-state index in [1.807, 2.05) is 10.7 Å². The molecule has 0 spiro atoms. The number of carbonyl (C=O) groups is 1. The molecule has 0 amide bonds. The lowest BCUT2D eigenvalue weighted by Crippen LogP contribution is -2.38. The van der Waals surface area contributed by atoms with E-state index >= 15 is 0 Å². The van der Waals surface area contributed by atoms with Gasteiger partial charge in [0.1, 0.15) is 17.5 Å². The van der Waals surface area contributed by atoms with E-state index in [0.29, 0.717) is 23.3 Å². The first kappa shape index (κ1) is 21.0. The van der Waals surface area contributed by atoms with Crippen LogP contribution in [0.2, 0.25) is 0 Å². The number of esters is 1. The van der Waals surface area contributed by atoms with E-state index < -0.39 is 0 Å². The molecule has 4 rings (SSSR count). The van der Waals surface area contributed by atoms with Crippen molar-refractivity contribution in [1.29, 1.82) is 0 Å². The summed E-state index contributed by atoms with van der Waals surface area (Å²) in [4.78, 5) is 13.3. The number of anilines is 1. The number of carbonyl (C=O) groups excluding carboxylic acids is 1. The van der Waals surface area contributed by atoms with Crippen LogP contribution >= 0.6 is 0 Å². The average molecular weight is 410 g/mol. The molecule has 1 saturated carbocycles. The number of nitrogens with one attached hydrogen (secondary N) is 1. The second-order valence-electron chi connectivity index (χ2n) is 10.2. The summed E-state index contributed by atoms with van der Waals surface area (Å²) in [7, 11) is 0. The van der Waals surface area contributed by atoms with E-state index in [1.165, 1.54) is 12.0 Å². The Hall–Kier alpha value is -2.30. The lowest BCUT2D eigenvalue weighted by molar-refractivity contribution is -0.0173. The van der Waals surface area contributed by atoms with Crippen LogP contribution in [0.5, 0.6) is 0 Å². The first-order valence-electron chi connectivity index (χ1n) is 11.4. The molecule has 4 atom stereocenters. The van der Waals surface area contributed by atoms with Crippen molar-refractivity contribution in [2.75, 3.05) is 5.32 Å². The molecule has 1 fully saturated rings. The van der Waals surface area contributed by atoms with Crippen molar-refractivity contribution >= 4 is 11.8 Å². The van der Waals surface area contributed by atoms with Gasteiger partial charge >= 0.3 is 5.97 Å². The Morgan fingerprint density at radius 3 is 2.67 bits per heavy atom. The Morgan fingerprint density at radius 1 is 1.23 bits per heavy atom. The second-order valence-corrected chi connectivity index (χ2v) is 10.2. The molecule has 5 heteroatoms. The van der Waals surface area contributed by atoms with Crippen LogP contribution in [0.25, 0.3) is 0 Å². The van der Waals surface area contributed by atoms with Gasteiger partial charge in [-0.3, -0.25) is 0 Å². The Labute approximate surface area is 180 Å². The number of aromatic nitrogens is 2. The Kier molecular flexibility index (Phi) is 5.65. The fraction of sp³-hybridized carbons (Fsp3) is 0.600. The van der Waals surface area contributed by atoms with Crippen LogP contribution in [0, 0.1) is 17.8 Å². The van der Waals surface area contributed by atoms with Gasteiger partial charge in [-0.2, -0.15) is 5.10 Å². The summed E-state index contributed by atoms with van der Waals surface area (Å²) in [5, 5.41) is 8.15. The van der Waals surface area contributed by atoms with Crippen molar-refractivity contribution in [3.05, 3.63) is 47.7 Å². The molecule has 5 nitrogen and oxygen atoms in total. The van der Waals surface area contributed by atoms with Gasteiger partial charge in [0.15, 0.2) is 0 Å². The van der Waals surface area contributed by atoms with Crippen LogP contribution in [0.15, 0.2) is 36.5 Å². The Balaban J connectivity index is 1.59. The first-order chi connectivity index (χ1) is 14.3. The van der Waals surface area contributed by atoms with Crippen molar-refractivity contribution in [3.8, 4) is 0 Å². The van der Waals surface area contributed by atoms with Crippen molar-refractivity contribution in [3.63, 3.8) is 0 Å². The van der Waals surface area contributed by atoms with Gasteiger partial charge in [-0.15, -0.1) is 0 Å². The maximum atomic E-state index is 13.3. The predicted octanol–water partition coefficient (Wildman–Crippen LogP) is 5.79. The number of hydrogen-bond donors (Lipinski definition) is 1. The predicted molar refractivity (Wildman–Crippen MR) is 120 cm³/mol. The van der Waals surface area contributed by atoms with Gasteiger partial charge < -0.3 is 10.1 Å². The van der Waals surface area contributed by atoms with E-state index in [4.69, 9.17) is 4.74 Å². The fourth-order valence-electron chi connectivity index (χ4n) is 5.24. The quantitative estimate of drug-likeness (QED) is 0.649. The third kappa shape index (κ3) is 3.99. The van der Waals surface area contributed by atoms with Crippen LogP contribution in [-0.2, 0) is 10.3 Å². The zero-order valence-electron chi connectivity index (χ0n) is 18.9. The molecule has 0 radical (unpaired) electrons. The monoisotopic (exact) mass is 409 g/mol. The zero-order chi connectivity index (χ0) is 21.5. The molecule has 2 heterocycles. The molecule has 3 unspecified atom stereocenters. The number of nitrogens with zero attached hydrogens (tertiary/aromatic N) is 2. The van der Waals surface area contributed by atoms with Crippen LogP contribution in [0.4, 0.5) is 5.82 Å². The maximum Gasteiger partial charge on any atom is 0.343 e. The number of fused-ring (bicyclic) bond motifs is 1. The highest BCUT2D eigenvalue weighted by atomic mass is 16.5. The summed E-state index contributed by atoms with van der Waals surface area (Å²) in [6.07, 6.45) is 5.85. The van der Waals surface area contributed by atoms with Crippen molar-refractivity contribution < 1.29 is 9.53 Å². The topological polar surface area (TPSA) is 56.1 Å². The minimum atomic E-state index is -0.252. The minimum Gasteiger partial charge on any atom is -0.458 e. The van der Waals surface area contributed by atoms with Crippen LogP contribution in [0.3, 0.4) is 0 Å². The number of ether oxygens (including phenoxy) is 1. The van der Waals surface area contributed by atoms with Gasteiger partial charge in [-0.05, 0) is 56.4 Å². The van der Waals surface area contributed by atoms with E-state index in [2.05, 4.69) is 69.3 Å². The van der Waals surface area contributed by atoms with Crippen molar-refractivity contribution in [2.45, 2.75) is 78.0 Å². The van der Waals surface area contributed by atoms with Gasteiger partial charge in [0.25, 0.3) is 0 Å². The molecule has 0 saturated heterocycles. The summed E-state index contributed by atoms with van der Waals surface area (Å²) in [6, 6.07) is 10.5. The summed E-state index contributed by atoms with van der Waals surface area (Å²) < 4.78 is 8.07. The van der Waals surface area contributed by atoms with Crippen LogP contribution in [-0.4, -0.2) is 21.9 Å². The van der Waals surface area contributed by atoms with Gasteiger partial charge in [-0.25, -0.2) is 9.48 Å². The molecule has 1 aliphatic carbocycles. The summed E-state index contributed by atoms with van der Waals surface area (Å²) in [6.45, 7) is 11.1. The molecule has 0 bridgehead atoms. The average Bonchev–Trinajstić information content (AvgIpc) is 3.13. The molecule has 1 aromatic carbocycles. The van der Waals surface area contributed by atoms with Crippen LogP contribution < -0.4 is 5.32 Å². The molecule has 2 aliphatic rings. The number of hydrogen-bond acceptors (Lipinski definition) is 4. The Morgan fingerprint density at radius 2 is 1.97 bits per heavy atom. The SMILES string of the molecule is CC1CCC(C(C)C)C(OC(=O)c2cnn3c2N[C@H](c2ccccc2)CC3(C)C)C1. The maximum absolute atomic E-state index is 13.3. The largest absolute Gasteiger partial charge is 0.458 e. The highest BCUT2D eigenvalue weighted by molar-refractivity contribution is 5.95. The molecule has 1 N–H and O–H groups in total. The van der Waals surface area contributed by atoms with E-state index in [1.54, 1.807) is 6.20 Å². The third-order valence-corrected chi connectivity index (χ3v) is 7.00. The lowest BCUT2D eigenvalue weighted by atomic mass is 9.75. The summed E-state index contributed by atoms with van der Waals surface area (Å²) >= 11 is 0. The van der Waals surface area contributed by atoms with Crippen molar-refractivity contribution in [2.24, 2.45) is 17.8 Å². The van der Waals surface area contributed by atoms with Crippen LogP contribution in [0.1, 0.15) is 82.3 Å². The normalized spacial score (nSPS) is 27.9. The second kappa shape index (κ2) is 8.09. The van der Waals surface area contributed by atoms with Gasteiger partial charge in [0.2, 0.25) is 0 Å². The van der Waals surface area contributed by atoms with E-state index in [-0.39, 0.29) is 23.7 Å². The molecule has 1 aromatic heterocycles. The fourth-order valence-corrected chi connectivity index (χ4v) is 5.24. The Bertz CT molecular complexity index is 887. The molecular weight excluding hydrogens is 374 g/mol. The molecule has 30 heavy (non-hydrogen) atoms. The van der Waals surface area contributed by atoms with E-state index in [9.17, 15) is 4.79 Å². The van der Waals surface area contributed by atoms with Gasteiger partial charge in [0.05, 0.1) is 17.8 Å². The molecule has 1 aliphatic heterocycles. The minimum absolute atomic E-state index is 0.0154. The molecule has 162 valence electrons.